The van der Waals surface area contributed by atoms with Crippen molar-refractivity contribution in [1.82, 2.24) is 10.2 Å². The lowest BCUT2D eigenvalue weighted by atomic mass is 9.88. The van der Waals surface area contributed by atoms with Crippen LogP contribution < -0.4 is 5.32 Å². The predicted octanol–water partition coefficient (Wildman–Crippen LogP) is 2.39. The molecule has 3 aliphatic rings. The van der Waals surface area contributed by atoms with Crippen molar-refractivity contribution in [2.45, 2.75) is 64.0 Å². The maximum absolute atomic E-state index is 3.89. The van der Waals surface area contributed by atoms with Gasteiger partial charge in [-0.2, -0.15) is 0 Å². The summed E-state index contributed by atoms with van der Waals surface area (Å²) < 4.78 is 0. The van der Waals surface area contributed by atoms with Gasteiger partial charge in [0, 0.05) is 25.2 Å². The minimum absolute atomic E-state index is 0.617. The molecular formula is C14H26N2. The number of hydrogen-bond acceptors (Lipinski definition) is 2. The molecule has 2 atom stereocenters. The van der Waals surface area contributed by atoms with E-state index < -0.39 is 0 Å². The van der Waals surface area contributed by atoms with Gasteiger partial charge in [-0.05, 0) is 44.1 Å². The van der Waals surface area contributed by atoms with Gasteiger partial charge in [0.1, 0.15) is 0 Å². The fourth-order valence-corrected chi connectivity index (χ4v) is 4.10. The zero-order valence-corrected chi connectivity index (χ0v) is 10.7. The van der Waals surface area contributed by atoms with Crippen LogP contribution in [-0.4, -0.2) is 36.6 Å². The predicted molar refractivity (Wildman–Crippen MR) is 67.6 cm³/mol. The number of hydrogen-bond donors (Lipinski definition) is 1. The Hall–Kier alpha value is -0.0800. The Morgan fingerprint density at radius 1 is 1.12 bits per heavy atom. The van der Waals surface area contributed by atoms with E-state index in [1.807, 2.05) is 0 Å². The molecule has 0 spiro atoms. The summed E-state index contributed by atoms with van der Waals surface area (Å²) in [6.45, 7) is 6.45. The topological polar surface area (TPSA) is 15.3 Å². The summed E-state index contributed by atoms with van der Waals surface area (Å²) in [7, 11) is 0. The molecule has 1 saturated carbocycles. The van der Waals surface area contributed by atoms with Crippen LogP contribution in [0.4, 0.5) is 0 Å². The zero-order chi connectivity index (χ0) is 11.0. The molecule has 92 valence electrons. The van der Waals surface area contributed by atoms with Crippen molar-refractivity contribution in [2.24, 2.45) is 5.41 Å². The summed E-state index contributed by atoms with van der Waals surface area (Å²) >= 11 is 0. The molecular weight excluding hydrogens is 196 g/mol. The van der Waals surface area contributed by atoms with Gasteiger partial charge in [-0.3, -0.25) is 4.90 Å². The molecule has 2 nitrogen and oxygen atoms in total. The Morgan fingerprint density at radius 2 is 1.94 bits per heavy atom. The van der Waals surface area contributed by atoms with Gasteiger partial charge in [-0.15, -0.1) is 0 Å². The highest BCUT2D eigenvalue weighted by molar-refractivity contribution is 4.96. The lowest BCUT2D eigenvalue weighted by Crippen LogP contribution is -2.43. The maximum atomic E-state index is 3.89. The Bertz CT molecular complexity index is 245. The highest BCUT2D eigenvalue weighted by atomic mass is 15.2. The Kier molecular flexibility index (Phi) is 2.97. The van der Waals surface area contributed by atoms with E-state index in [0.717, 1.165) is 12.1 Å². The van der Waals surface area contributed by atoms with Crippen LogP contribution in [0.2, 0.25) is 0 Å². The first-order chi connectivity index (χ1) is 7.77. The number of nitrogens with one attached hydrogen (secondary N) is 1. The van der Waals surface area contributed by atoms with Crippen LogP contribution in [0, 0.1) is 5.41 Å². The van der Waals surface area contributed by atoms with Gasteiger partial charge < -0.3 is 5.32 Å². The minimum Gasteiger partial charge on any atom is -0.312 e. The second-order valence-electron chi connectivity index (χ2n) is 6.54. The van der Waals surface area contributed by atoms with Gasteiger partial charge in [-0.1, -0.05) is 19.8 Å². The molecule has 2 saturated heterocycles. The molecule has 0 aromatic carbocycles. The first kappa shape index (κ1) is 11.0. The van der Waals surface area contributed by atoms with Crippen LogP contribution in [0.25, 0.3) is 0 Å². The molecule has 16 heavy (non-hydrogen) atoms. The smallest absolute Gasteiger partial charge is 0.0250 e. The second kappa shape index (κ2) is 4.30. The second-order valence-corrected chi connectivity index (χ2v) is 6.54. The molecule has 2 aliphatic heterocycles. The van der Waals surface area contributed by atoms with Gasteiger partial charge in [-0.25, -0.2) is 0 Å². The van der Waals surface area contributed by atoms with Crippen molar-refractivity contribution in [1.29, 1.82) is 0 Å². The van der Waals surface area contributed by atoms with Crippen molar-refractivity contribution in [3.63, 3.8) is 0 Å². The summed E-state index contributed by atoms with van der Waals surface area (Å²) in [5.41, 5.74) is 0.617. The van der Waals surface area contributed by atoms with Crippen LogP contribution in [0.3, 0.4) is 0 Å². The third-order valence-corrected chi connectivity index (χ3v) is 5.21. The summed E-state index contributed by atoms with van der Waals surface area (Å²) in [5, 5.41) is 3.89. The van der Waals surface area contributed by atoms with Crippen LogP contribution in [0.5, 0.6) is 0 Å². The largest absolute Gasteiger partial charge is 0.312 e. The molecule has 0 bridgehead atoms. The molecule has 0 aromatic heterocycles. The molecule has 0 aromatic rings. The van der Waals surface area contributed by atoms with E-state index in [-0.39, 0.29) is 0 Å². The minimum atomic E-state index is 0.617. The standard InChI is InChI=1S/C14H26N2/c1-14(7-2-3-8-14)11-15-12-6-10-16-9-4-5-13(12)16/h12-13,15H,2-11H2,1H3. The van der Waals surface area contributed by atoms with E-state index in [0.29, 0.717) is 5.41 Å². The third kappa shape index (κ3) is 2.02. The monoisotopic (exact) mass is 222 g/mol. The summed E-state index contributed by atoms with van der Waals surface area (Å²) in [5.74, 6) is 0. The van der Waals surface area contributed by atoms with E-state index in [2.05, 4.69) is 17.1 Å². The molecule has 1 aliphatic carbocycles. The molecule has 0 amide bonds. The van der Waals surface area contributed by atoms with E-state index in [1.165, 1.54) is 64.6 Å². The van der Waals surface area contributed by atoms with E-state index >= 15 is 0 Å². The number of rotatable bonds is 3. The lowest BCUT2D eigenvalue weighted by molar-refractivity contribution is 0.262. The molecule has 2 heterocycles. The van der Waals surface area contributed by atoms with Crippen molar-refractivity contribution >= 4 is 0 Å². The summed E-state index contributed by atoms with van der Waals surface area (Å²) in [6, 6.07) is 1.69. The molecule has 3 rings (SSSR count). The Morgan fingerprint density at radius 3 is 2.75 bits per heavy atom. The number of fused-ring (bicyclic) bond motifs is 1. The van der Waals surface area contributed by atoms with Gasteiger partial charge >= 0.3 is 0 Å². The van der Waals surface area contributed by atoms with Gasteiger partial charge in [0.15, 0.2) is 0 Å². The van der Waals surface area contributed by atoms with Crippen molar-refractivity contribution < 1.29 is 0 Å². The fraction of sp³-hybridized carbons (Fsp3) is 1.00. The molecule has 1 N–H and O–H groups in total. The Balaban J connectivity index is 1.51. The van der Waals surface area contributed by atoms with E-state index in [4.69, 9.17) is 0 Å². The van der Waals surface area contributed by atoms with E-state index in [1.54, 1.807) is 0 Å². The molecule has 3 fully saturated rings. The van der Waals surface area contributed by atoms with Crippen LogP contribution in [-0.2, 0) is 0 Å². The van der Waals surface area contributed by atoms with Crippen LogP contribution in [0.1, 0.15) is 51.9 Å². The first-order valence-corrected chi connectivity index (χ1v) is 7.24. The summed E-state index contributed by atoms with van der Waals surface area (Å²) in [4.78, 5) is 2.70. The third-order valence-electron chi connectivity index (χ3n) is 5.21. The summed E-state index contributed by atoms with van der Waals surface area (Å²) in [6.07, 6.45) is 10.1. The SMILES string of the molecule is CC1(CNC2CCN3CCCC23)CCCC1. The lowest BCUT2D eigenvalue weighted by Gasteiger charge is -2.28. The highest BCUT2D eigenvalue weighted by Gasteiger charge is 2.38. The first-order valence-electron chi connectivity index (χ1n) is 7.24. The average molecular weight is 222 g/mol. The van der Waals surface area contributed by atoms with Crippen LogP contribution in [0.15, 0.2) is 0 Å². The van der Waals surface area contributed by atoms with Gasteiger partial charge in [0.25, 0.3) is 0 Å². The van der Waals surface area contributed by atoms with Crippen molar-refractivity contribution in [3.05, 3.63) is 0 Å². The van der Waals surface area contributed by atoms with Crippen molar-refractivity contribution in [2.75, 3.05) is 19.6 Å². The molecule has 2 heteroatoms. The number of nitrogens with zero attached hydrogens (tertiary/aromatic N) is 1. The quantitative estimate of drug-likeness (QED) is 0.789. The van der Waals surface area contributed by atoms with Gasteiger partial charge in [0.05, 0.1) is 0 Å². The van der Waals surface area contributed by atoms with E-state index in [9.17, 15) is 0 Å². The highest BCUT2D eigenvalue weighted by Crippen LogP contribution is 2.37. The molecule has 2 unspecified atom stereocenters. The average Bonchev–Trinajstić information content (AvgIpc) is 2.91. The normalized spacial score (nSPS) is 38.1. The molecule has 0 radical (unpaired) electrons. The Labute approximate surface area is 99.8 Å². The fourth-order valence-electron chi connectivity index (χ4n) is 4.10. The zero-order valence-electron chi connectivity index (χ0n) is 10.7. The van der Waals surface area contributed by atoms with Crippen LogP contribution >= 0.6 is 0 Å². The maximum Gasteiger partial charge on any atom is 0.0250 e. The van der Waals surface area contributed by atoms with Gasteiger partial charge in [0.2, 0.25) is 0 Å². The van der Waals surface area contributed by atoms with Crippen molar-refractivity contribution in [3.8, 4) is 0 Å².